The zero-order valence-electron chi connectivity index (χ0n) is 13.0. The predicted molar refractivity (Wildman–Crippen MR) is 84.5 cm³/mol. The van der Waals surface area contributed by atoms with Crippen LogP contribution in [0.25, 0.3) is 0 Å². The van der Waals surface area contributed by atoms with Crippen LogP contribution in [-0.2, 0) is 14.0 Å². The molecule has 0 unspecified atom stereocenters. The summed E-state index contributed by atoms with van der Waals surface area (Å²) in [4.78, 5) is 12.1. The van der Waals surface area contributed by atoms with E-state index in [2.05, 4.69) is 33.9 Å². The normalized spacial score (nSPS) is 13.9. The molecule has 0 aliphatic rings. The zero-order valence-corrected chi connectivity index (χ0v) is 14.7. The Morgan fingerprint density at radius 2 is 1.80 bits per heavy atom. The third-order valence-electron chi connectivity index (χ3n) is 3.82. The number of benzene rings is 1. The zero-order chi connectivity index (χ0) is 15.6. The van der Waals surface area contributed by atoms with Crippen molar-refractivity contribution in [1.82, 2.24) is 0 Å². The molecule has 5 heteroatoms. The van der Waals surface area contributed by atoms with Gasteiger partial charge in [0.15, 0.2) is 14.4 Å². The van der Waals surface area contributed by atoms with E-state index < -0.39 is 20.4 Å². The van der Waals surface area contributed by atoms with Crippen LogP contribution in [0.4, 0.5) is 0 Å². The Bertz CT molecular complexity index is 480. The second-order valence-electron chi connectivity index (χ2n) is 6.30. The topological polar surface area (TPSA) is 35.5 Å². The molecule has 0 radical (unpaired) electrons. The fraction of sp³-hybridized carbons (Fsp3) is 0.533. The van der Waals surface area contributed by atoms with Gasteiger partial charge >= 0.3 is 5.97 Å². The minimum absolute atomic E-state index is 0.000524. The summed E-state index contributed by atoms with van der Waals surface area (Å²) in [6.07, 6.45) is -0.769. The molecule has 1 rings (SSSR count). The molecule has 112 valence electrons. The van der Waals surface area contributed by atoms with Gasteiger partial charge in [-0.05, 0) is 24.2 Å². The lowest BCUT2D eigenvalue weighted by atomic mass is 10.1. The third-order valence-corrected chi connectivity index (χ3v) is 8.60. The molecule has 1 atom stereocenters. The van der Waals surface area contributed by atoms with Crippen molar-refractivity contribution in [2.75, 3.05) is 7.11 Å². The molecule has 1 aromatic carbocycles. The molecule has 3 nitrogen and oxygen atoms in total. The highest BCUT2D eigenvalue weighted by molar-refractivity contribution is 6.74. The number of rotatable bonds is 4. The second kappa shape index (κ2) is 6.29. The third kappa shape index (κ3) is 3.84. The van der Waals surface area contributed by atoms with Crippen LogP contribution in [0.15, 0.2) is 24.3 Å². The van der Waals surface area contributed by atoms with Gasteiger partial charge in [-0.2, -0.15) is 0 Å². The fourth-order valence-corrected chi connectivity index (χ4v) is 2.91. The summed E-state index contributed by atoms with van der Waals surface area (Å²) in [5.74, 6) is -0.414. The number of esters is 1. The average molecular weight is 315 g/mol. The summed E-state index contributed by atoms with van der Waals surface area (Å²) in [7, 11) is -0.750. The molecule has 0 heterocycles. The van der Waals surface area contributed by atoms with Gasteiger partial charge in [-0.3, -0.25) is 0 Å². The Hall–Kier alpha value is -0.843. The van der Waals surface area contributed by atoms with Crippen molar-refractivity contribution in [3.05, 3.63) is 34.9 Å². The molecule has 0 fully saturated rings. The van der Waals surface area contributed by atoms with Crippen LogP contribution >= 0.6 is 11.6 Å². The summed E-state index contributed by atoms with van der Waals surface area (Å²) >= 11 is 6.19. The maximum absolute atomic E-state index is 12.1. The molecule has 0 N–H and O–H groups in total. The van der Waals surface area contributed by atoms with E-state index in [1.165, 1.54) is 7.11 Å². The van der Waals surface area contributed by atoms with Gasteiger partial charge in [-0.15, -0.1) is 0 Å². The van der Waals surface area contributed by atoms with Crippen molar-refractivity contribution in [3.8, 4) is 0 Å². The van der Waals surface area contributed by atoms with Gasteiger partial charge in [-0.25, -0.2) is 4.79 Å². The van der Waals surface area contributed by atoms with Gasteiger partial charge in [0.05, 0.1) is 7.11 Å². The first-order chi connectivity index (χ1) is 9.10. The van der Waals surface area contributed by atoms with E-state index in [9.17, 15) is 4.79 Å². The summed E-state index contributed by atoms with van der Waals surface area (Å²) in [6.45, 7) is 10.6. The summed E-state index contributed by atoms with van der Waals surface area (Å²) in [6, 6.07) is 7.22. The SMILES string of the molecule is COC(=O)[C@H](O[Si](C)(C)C(C)(C)C)c1ccccc1Cl. The minimum atomic E-state index is -2.11. The number of hydrogen-bond acceptors (Lipinski definition) is 3. The number of ether oxygens (including phenoxy) is 1. The second-order valence-corrected chi connectivity index (χ2v) is 11.5. The lowest BCUT2D eigenvalue weighted by molar-refractivity contribution is -0.149. The molecule has 0 amide bonds. The number of carbonyl (C=O) groups excluding carboxylic acids is 1. The van der Waals surface area contributed by atoms with Gasteiger partial charge in [0.1, 0.15) is 0 Å². The summed E-state index contributed by atoms with van der Waals surface area (Å²) < 4.78 is 11.1. The lowest BCUT2D eigenvalue weighted by Gasteiger charge is -2.38. The van der Waals surface area contributed by atoms with Crippen LogP contribution in [0, 0.1) is 0 Å². The van der Waals surface area contributed by atoms with E-state index in [0.29, 0.717) is 10.6 Å². The maximum atomic E-state index is 12.1. The first-order valence-corrected chi connectivity index (χ1v) is 9.89. The molecular formula is C15H23ClO3Si. The number of halogens is 1. The van der Waals surface area contributed by atoms with Gasteiger partial charge < -0.3 is 9.16 Å². The van der Waals surface area contributed by atoms with Crippen molar-refractivity contribution >= 4 is 25.9 Å². The molecule has 0 saturated carbocycles. The highest BCUT2D eigenvalue weighted by atomic mass is 35.5. The molecular weight excluding hydrogens is 292 g/mol. The molecule has 0 aliphatic carbocycles. The monoisotopic (exact) mass is 314 g/mol. The van der Waals surface area contributed by atoms with Crippen molar-refractivity contribution < 1.29 is 14.0 Å². The smallest absolute Gasteiger partial charge is 0.338 e. The quantitative estimate of drug-likeness (QED) is 0.603. The van der Waals surface area contributed by atoms with Crippen LogP contribution in [0.2, 0.25) is 23.2 Å². The van der Waals surface area contributed by atoms with Crippen LogP contribution < -0.4 is 0 Å². The van der Waals surface area contributed by atoms with Gasteiger partial charge in [0.25, 0.3) is 0 Å². The van der Waals surface area contributed by atoms with Crippen molar-refractivity contribution in [1.29, 1.82) is 0 Å². The van der Waals surface area contributed by atoms with E-state index in [0.717, 1.165) is 0 Å². The van der Waals surface area contributed by atoms with Crippen LogP contribution in [0.1, 0.15) is 32.4 Å². The van der Waals surface area contributed by atoms with Crippen LogP contribution in [0.5, 0.6) is 0 Å². The lowest BCUT2D eigenvalue weighted by Crippen LogP contribution is -2.43. The van der Waals surface area contributed by atoms with Crippen molar-refractivity contribution in [2.24, 2.45) is 0 Å². The Labute approximate surface area is 127 Å². The first kappa shape index (κ1) is 17.2. The Morgan fingerprint density at radius 1 is 1.25 bits per heavy atom. The summed E-state index contributed by atoms with van der Waals surface area (Å²) in [5.41, 5.74) is 0.658. The van der Waals surface area contributed by atoms with E-state index in [-0.39, 0.29) is 5.04 Å². The average Bonchev–Trinajstić information content (AvgIpc) is 2.34. The van der Waals surface area contributed by atoms with Crippen molar-refractivity contribution in [3.63, 3.8) is 0 Å². The van der Waals surface area contributed by atoms with Gasteiger partial charge in [0.2, 0.25) is 0 Å². The number of carbonyl (C=O) groups is 1. The van der Waals surface area contributed by atoms with E-state index in [1.807, 2.05) is 12.1 Å². The molecule has 20 heavy (non-hydrogen) atoms. The molecule has 0 aromatic heterocycles. The highest BCUT2D eigenvalue weighted by Gasteiger charge is 2.41. The van der Waals surface area contributed by atoms with Gasteiger partial charge in [0, 0.05) is 10.6 Å². The maximum Gasteiger partial charge on any atom is 0.338 e. The number of hydrogen-bond donors (Lipinski definition) is 0. The van der Waals surface area contributed by atoms with Crippen molar-refractivity contribution in [2.45, 2.75) is 45.0 Å². The Kier molecular flexibility index (Phi) is 5.41. The number of methoxy groups -OCH3 is 1. The molecule has 1 aromatic rings. The highest BCUT2D eigenvalue weighted by Crippen LogP contribution is 2.40. The largest absolute Gasteiger partial charge is 0.467 e. The first-order valence-electron chi connectivity index (χ1n) is 6.60. The minimum Gasteiger partial charge on any atom is -0.467 e. The molecule has 0 bridgehead atoms. The summed E-state index contributed by atoms with van der Waals surface area (Å²) in [5, 5.41) is 0.516. The van der Waals surface area contributed by atoms with E-state index in [1.54, 1.807) is 12.1 Å². The molecule has 0 aliphatic heterocycles. The Morgan fingerprint density at radius 3 is 2.25 bits per heavy atom. The van der Waals surface area contributed by atoms with Gasteiger partial charge in [-0.1, -0.05) is 50.6 Å². The van der Waals surface area contributed by atoms with E-state index >= 15 is 0 Å². The van der Waals surface area contributed by atoms with Crippen LogP contribution in [0.3, 0.4) is 0 Å². The van der Waals surface area contributed by atoms with Crippen LogP contribution in [-0.4, -0.2) is 21.4 Å². The fourth-order valence-electron chi connectivity index (χ4n) is 1.50. The standard InChI is InChI=1S/C15H23ClO3Si/c1-15(2,3)20(5,6)19-13(14(17)18-4)11-9-7-8-10-12(11)16/h7-10,13H,1-6H3/t13-/m1/s1. The Balaban J connectivity index is 3.16. The predicted octanol–water partition coefficient (Wildman–Crippen LogP) is 4.58. The van der Waals surface area contributed by atoms with E-state index in [4.69, 9.17) is 20.8 Å². The molecule has 0 saturated heterocycles. The molecule has 0 spiro atoms.